The molecule has 124 valence electrons. The number of hydrogen-bond donors (Lipinski definition) is 1. The Morgan fingerprint density at radius 3 is 2.58 bits per heavy atom. The Morgan fingerprint density at radius 1 is 1.17 bits per heavy atom. The molecule has 0 atom stereocenters. The summed E-state index contributed by atoms with van der Waals surface area (Å²) in [7, 11) is 1.60. The van der Waals surface area contributed by atoms with Crippen molar-refractivity contribution in [2.75, 3.05) is 19.0 Å². The number of nitrogens with one attached hydrogen (secondary N) is 1. The summed E-state index contributed by atoms with van der Waals surface area (Å²) in [6, 6.07) is 9.05. The molecule has 7 heteroatoms. The molecule has 0 aliphatic heterocycles. The summed E-state index contributed by atoms with van der Waals surface area (Å²) in [5.41, 5.74) is 2.67. The Labute approximate surface area is 143 Å². The third-order valence-corrected chi connectivity index (χ3v) is 4.45. The number of benzene rings is 1. The first kappa shape index (κ1) is 16.2. The number of rotatable bonds is 5. The van der Waals surface area contributed by atoms with E-state index in [1.54, 1.807) is 31.4 Å². The number of amides is 1. The minimum Gasteiger partial charge on any atom is -0.497 e. The SMILES string of the molecule is COc1ccc(OCC(=O)Nc2nc3nc(C)cc(C)c3s2)cc1. The van der Waals surface area contributed by atoms with Crippen molar-refractivity contribution in [3.63, 3.8) is 0 Å². The van der Waals surface area contributed by atoms with E-state index in [9.17, 15) is 4.79 Å². The van der Waals surface area contributed by atoms with Gasteiger partial charge in [-0.25, -0.2) is 4.98 Å². The summed E-state index contributed by atoms with van der Waals surface area (Å²) in [5, 5.41) is 3.27. The zero-order chi connectivity index (χ0) is 17.1. The van der Waals surface area contributed by atoms with Gasteiger partial charge in [0.15, 0.2) is 17.4 Å². The summed E-state index contributed by atoms with van der Waals surface area (Å²) in [5.74, 6) is 1.07. The monoisotopic (exact) mass is 343 g/mol. The van der Waals surface area contributed by atoms with Crippen molar-refractivity contribution in [3.8, 4) is 11.5 Å². The van der Waals surface area contributed by atoms with Gasteiger partial charge in [0.25, 0.3) is 5.91 Å². The number of thiazole rings is 1. The molecule has 3 aromatic rings. The molecule has 1 amide bonds. The maximum atomic E-state index is 12.0. The average Bonchev–Trinajstić information content (AvgIpc) is 2.96. The van der Waals surface area contributed by atoms with Crippen molar-refractivity contribution in [3.05, 3.63) is 41.6 Å². The quantitative estimate of drug-likeness (QED) is 0.769. The lowest BCUT2D eigenvalue weighted by atomic mass is 10.2. The van der Waals surface area contributed by atoms with Crippen LogP contribution in [0.5, 0.6) is 11.5 Å². The molecule has 1 aromatic carbocycles. The molecule has 0 aliphatic rings. The topological polar surface area (TPSA) is 73.3 Å². The molecule has 0 aliphatic carbocycles. The minimum absolute atomic E-state index is 0.0896. The number of anilines is 1. The number of carbonyl (C=O) groups excluding carboxylic acids is 1. The van der Waals surface area contributed by atoms with E-state index in [4.69, 9.17) is 9.47 Å². The van der Waals surface area contributed by atoms with Crippen molar-refractivity contribution in [2.24, 2.45) is 0 Å². The van der Waals surface area contributed by atoms with Gasteiger partial charge in [0, 0.05) is 5.69 Å². The van der Waals surface area contributed by atoms with Crippen LogP contribution in [0.3, 0.4) is 0 Å². The van der Waals surface area contributed by atoms with Gasteiger partial charge in [0.2, 0.25) is 0 Å². The van der Waals surface area contributed by atoms with Crippen molar-refractivity contribution >= 4 is 32.7 Å². The van der Waals surface area contributed by atoms with E-state index in [-0.39, 0.29) is 12.5 Å². The van der Waals surface area contributed by atoms with Crippen LogP contribution in [0, 0.1) is 13.8 Å². The van der Waals surface area contributed by atoms with Crippen molar-refractivity contribution in [2.45, 2.75) is 13.8 Å². The standard InChI is InChI=1S/C17H17N3O3S/c1-10-8-11(2)18-16-15(10)24-17(20-16)19-14(21)9-23-13-6-4-12(22-3)5-7-13/h4-8H,9H2,1-3H3,(H,18,19,20,21). The Morgan fingerprint density at radius 2 is 1.88 bits per heavy atom. The molecule has 3 rings (SSSR count). The van der Waals surface area contributed by atoms with Crippen LogP contribution in [0.4, 0.5) is 5.13 Å². The molecular formula is C17H17N3O3S. The highest BCUT2D eigenvalue weighted by atomic mass is 32.1. The van der Waals surface area contributed by atoms with E-state index < -0.39 is 0 Å². The second kappa shape index (κ2) is 6.84. The highest BCUT2D eigenvalue weighted by molar-refractivity contribution is 7.22. The molecule has 0 spiro atoms. The van der Waals surface area contributed by atoms with Gasteiger partial charge in [-0.2, -0.15) is 4.98 Å². The third-order valence-electron chi connectivity index (χ3n) is 3.35. The summed E-state index contributed by atoms with van der Waals surface area (Å²) in [6.07, 6.45) is 0. The van der Waals surface area contributed by atoms with E-state index in [1.807, 2.05) is 19.9 Å². The highest BCUT2D eigenvalue weighted by Gasteiger charge is 2.11. The number of nitrogens with zero attached hydrogens (tertiary/aromatic N) is 2. The molecule has 2 aromatic heterocycles. The van der Waals surface area contributed by atoms with Crippen LogP contribution >= 0.6 is 11.3 Å². The Hall–Kier alpha value is -2.67. The minimum atomic E-state index is -0.265. The van der Waals surface area contributed by atoms with E-state index in [2.05, 4.69) is 15.3 Å². The lowest BCUT2D eigenvalue weighted by Crippen LogP contribution is -2.19. The normalized spacial score (nSPS) is 10.6. The third kappa shape index (κ3) is 3.62. The summed E-state index contributed by atoms with van der Waals surface area (Å²) in [6.45, 7) is 3.84. The molecule has 1 N–H and O–H groups in total. The summed E-state index contributed by atoms with van der Waals surface area (Å²) < 4.78 is 11.5. The molecule has 0 fully saturated rings. The fraction of sp³-hybridized carbons (Fsp3) is 0.235. The molecule has 24 heavy (non-hydrogen) atoms. The van der Waals surface area contributed by atoms with E-state index in [0.717, 1.165) is 21.7 Å². The number of fused-ring (bicyclic) bond motifs is 1. The zero-order valence-corrected chi connectivity index (χ0v) is 14.4. The molecule has 0 saturated carbocycles. The van der Waals surface area contributed by atoms with Crippen molar-refractivity contribution < 1.29 is 14.3 Å². The van der Waals surface area contributed by atoms with E-state index in [0.29, 0.717) is 16.5 Å². The number of carbonyl (C=O) groups is 1. The Balaban J connectivity index is 1.63. The first-order valence-electron chi connectivity index (χ1n) is 7.36. The fourth-order valence-electron chi connectivity index (χ4n) is 2.25. The molecule has 2 heterocycles. The second-order valence-electron chi connectivity index (χ2n) is 5.26. The van der Waals surface area contributed by atoms with E-state index >= 15 is 0 Å². The van der Waals surface area contributed by atoms with Gasteiger partial charge >= 0.3 is 0 Å². The summed E-state index contributed by atoms with van der Waals surface area (Å²) in [4.78, 5) is 20.8. The summed E-state index contributed by atoms with van der Waals surface area (Å²) >= 11 is 1.41. The second-order valence-corrected chi connectivity index (χ2v) is 6.26. The van der Waals surface area contributed by atoms with Crippen LogP contribution in [0.2, 0.25) is 0 Å². The van der Waals surface area contributed by atoms with Crippen LogP contribution in [-0.4, -0.2) is 29.6 Å². The lowest BCUT2D eigenvalue weighted by Gasteiger charge is -2.06. The predicted molar refractivity (Wildman–Crippen MR) is 94.0 cm³/mol. The van der Waals surface area contributed by atoms with Gasteiger partial charge in [0.05, 0.1) is 11.8 Å². The van der Waals surface area contributed by atoms with Crippen LogP contribution in [0.1, 0.15) is 11.3 Å². The number of pyridine rings is 1. The molecule has 0 unspecified atom stereocenters. The Kier molecular flexibility index (Phi) is 4.61. The highest BCUT2D eigenvalue weighted by Crippen LogP contribution is 2.28. The Bertz CT molecular complexity index is 875. The van der Waals surface area contributed by atoms with Gasteiger partial charge in [-0.1, -0.05) is 11.3 Å². The number of methoxy groups -OCH3 is 1. The molecule has 0 saturated heterocycles. The number of hydrogen-bond acceptors (Lipinski definition) is 6. The van der Waals surface area contributed by atoms with Crippen molar-refractivity contribution in [1.82, 2.24) is 9.97 Å². The fourth-order valence-corrected chi connectivity index (χ4v) is 3.15. The first-order chi connectivity index (χ1) is 11.5. The van der Waals surface area contributed by atoms with Gasteiger partial charge in [0.1, 0.15) is 11.5 Å². The van der Waals surface area contributed by atoms with Crippen LogP contribution in [-0.2, 0) is 4.79 Å². The zero-order valence-electron chi connectivity index (χ0n) is 13.6. The molecular weight excluding hydrogens is 326 g/mol. The van der Waals surface area contributed by atoms with Gasteiger partial charge in [-0.3, -0.25) is 10.1 Å². The maximum absolute atomic E-state index is 12.0. The van der Waals surface area contributed by atoms with Crippen molar-refractivity contribution in [1.29, 1.82) is 0 Å². The van der Waals surface area contributed by atoms with E-state index in [1.165, 1.54) is 11.3 Å². The van der Waals surface area contributed by atoms with Crippen LogP contribution in [0.15, 0.2) is 30.3 Å². The number of aryl methyl sites for hydroxylation is 2. The average molecular weight is 343 g/mol. The van der Waals surface area contributed by atoms with Gasteiger partial charge in [-0.05, 0) is 49.7 Å². The van der Waals surface area contributed by atoms with Crippen LogP contribution in [0.25, 0.3) is 10.3 Å². The first-order valence-corrected chi connectivity index (χ1v) is 8.18. The molecule has 6 nitrogen and oxygen atoms in total. The maximum Gasteiger partial charge on any atom is 0.264 e. The molecule has 0 radical (unpaired) electrons. The largest absolute Gasteiger partial charge is 0.497 e. The van der Waals surface area contributed by atoms with Crippen LogP contribution < -0.4 is 14.8 Å². The van der Waals surface area contributed by atoms with Gasteiger partial charge < -0.3 is 9.47 Å². The molecule has 0 bridgehead atoms. The smallest absolute Gasteiger partial charge is 0.264 e. The predicted octanol–water partition coefficient (Wildman–Crippen LogP) is 3.33. The lowest BCUT2D eigenvalue weighted by molar-refractivity contribution is -0.118. The van der Waals surface area contributed by atoms with Gasteiger partial charge in [-0.15, -0.1) is 0 Å². The number of ether oxygens (including phenoxy) is 2. The number of aromatic nitrogens is 2.